The lowest BCUT2D eigenvalue weighted by Gasteiger charge is -2.22. The summed E-state index contributed by atoms with van der Waals surface area (Å²) in [7, 11) is 0. The van der Waals surface area contributed by atoms with Crippen molar-refractivity contribution in [3.63, 3.8) is 0 Å². The van der Waals surface area contributed by atoms with E-state index in [1.54, 1.807) is 0 Å². The van der Waals surface area contributed by atoms with Gasteiger partial charge in [-0.3, -0.25) is 5.32 Å². The molecule has 4 nitrogen and oxygen atoms in total. The number of hydrogen-bond donors (Lipinski definition) is 1. The Morgan fingerprint density at radius 2 is 1.95 bits per heavy atom. The van der Waals surface area contributed by atoms with Crippen molar-refractivity contribution in [2.75, 3.05) is 26.4 Å². The summed E-state index contributed by atoms with van der Waals surface area (Å²) in [6, 6.07) is 12.0. The minimum absolute atomic E-state index is 0.504. The molecule has 1 atom stereocenters. The monoisotopic (exact) mass is 276 g/mol. The van der Waals surface area contributed by atoms with Crippen LogP contribution >= 0.6 is 0 Å². The fourth-order valence-corrected chi connectivity index (χ4v) is 1.70. The second-order valence-corrected chi connectivity index (χ2v) is 4.89. The molecule has 0 saturated carbocycles. The number of nitrogens with zero attached hydrogens (tertiary/aromatic N) is 1. The van der Waals surface area contributed by atoms with Crippen LogP contribution in [0.3, 0.4) is 0 Å². The maximum absolute atomic E-state index is 9.17. The Balaban J connectivity index is 2.10. The smallest absolute Gasteiger partial charge is 0.119 e. The van der Waals surface area contributed by atoms with Crippen molar-refractivity contribution >= 4 is 0 Å². The van der Waals surface area contributed by atoms with Crippen molar-refractivity contribution in [3.8, 4) is 11.8 Å². The van der Waals surface area contributed by atoms with Crippen LogP contribution in [0.15, 0.2) is 30.3 Å². The molecule has 0 radical (unpaired) electrons. The fraction of sp³-hybridized carbons (Fsp3) is 0.562. The van der Waals surface area contributed by atoms with Crippen molar-refractivity contribution in [1.82, 2.24) is 5.32 Å². The fourth-order valence-electron chi connectivity index (χ4n) is 1.70. The van der Waals surface area contributed by atoms with E-state index in [2.05, 4.69) is 18.3 Å². The molecule has 0 aliphatic rings. The highest BCUT2D eigenvalue weighted by Crippen LogP contribution is 2.09. The quantitative estimate of drug-likeness (QED) is 0.668. The largest absolute Gasteiger partial charge is 0.491 e. The van der Waals surface area contributed by atoms with E-state index in [4.69, 9.17) is 9.47 Å². The summed E-state index contributed by atoms with van der Waals surface area (Å²) in [5, 5.41) is 12.4. The van der Waals surface area contributed by atoms with Gasteiger partial charge < -0.3 is 9.47 Å². The van der Waals surface area contributed by atoms with Gasteiger partial charge in [0.25, 0.3) is 0 Å². The summed E-state index contributed by atoms with van der Waals surface area (Å²) in [4.78, 5) is 0. The molecule has 110 valence electrons. The number of rotatable bonds is 10. The summed E-state index contributed by atoms with van der Waals surface area (Å²) in [6.45, 7) is 6.45. The van der Waals surface area contributed by atoms with Gasteiger partial charge in [-0.1, -0.05) is 25.1 Å². The van der Waals surface area contributed by atoms with E-state index in [0.717, 1.165) is 18.7 Å². The minimum Gasteiger partial charge on any atom is -0.491 e. The van der Waals surface area contributed by atoms with E-state index >= 15 is 0 Å². The van der Waals surface area contributed by atoms with Crippen LogP contribution < -0.4 is 10.1 Å². The lowest BCUT2D eigenvalue weighted by molar-refractivity contribution is 0.0890. The molecule has 0 fully saturated rings. The van der Waals surface area contributed by atoms with E-state index in [9.17, 15) is 5.26 Å². The number of nitriles is 1. The molecule has 1 aromatic carbocycles. The van der Waals surface area contributed by atoms with Gasteiger partial charge >= 0.3 is 0 Å². The van der Waals surface area contributed by atoms with Crippen LogP contribution in [0.5, 0.6) is 5.75 Å². The Morgan fingerprint density at radius 1 is 1.20 bits per heavy atom. The molecule has 0 aromatic heterocycles. The predicted octanol–water partition coefficient (Wildman–Crippen LogP) is 2.75. The Hall–Kier alpha value is -1.57. The van der Waals surface area contributed by atoms with Crippen molar-refractivity contribution in [3.05, 3.63) is 30.3 Å². The molecule has 0 heterocycles. The third-order valence-electron chi connectivity index (χ3n) is 3.00. The molecule has 0 aliphatic carbocycles. The highest BCUT2D eigenvalue weighted by Gasteiger charge is 2.21. The van der Waals surface area contributed by atoms with Gasteiger partial charge in [0.1, 0.15) is 17.9 Å². The van der Waals surface area contributed by atoms with Gasteiger partial charge in [-0.2, -0.15) is 5.26 Å². The second-order valence-electron chi connectivity index (χ2n) is 4.89. The van der Waals surface area contributed by atoms with Crippen molar-refractivity contribution in [2.24, 2.45) is 0 Å². The molecule has 1 N–H and O–H groups in total. The average Bonchev–Trinajstić information content (AvgIpc) is 2.50. The molecule has 20 heavy (non-hydrogen) atoms. The molecule has 0 amide bonds. The second kappa shape index (κ2) is 9.35. The SMILES string of the molecule is CCCNC(C)(C#N)CCOCCOc1ccccc1. The van der Waals surface area contributed by atoms with E-state index in [1.165, 1.54) is 0 Å². The van der Waals surface area contributed by atoms with Crippen LogP contribution in [-0.4, -0.2) is 31.9 Å². The van der Waals surface area contributed by atoms with Crippen molar-refractivity contribution in [1.29, 1.82) is 5.26 Å². The van der Waals surface area contributed by atoms with Gasteiger partial charge in [0, 0.05) is 13.0 Å². The zero-order chi connectivity index (χ0) is 14.7. The third kappa shape index (κ3) is 6.55. The number of nitrogens with one attached hydrogen (secondary N) is 1. The standard InChI is InChI=1S/C16H24N2O2/c1-3-10-18-16(2,14-17)9-11-19-12-13-20-15-7-5-4-6-8-15/h4-8,18H,3,9-13H2,1-2H3. The topological polar surface area (TPSA) is 54.3 Å². The molecule has 4 heteroatoms. The normalized spacial score (nSPS) is 13.4. The summed E-state index contributed by atoms with van der Waals surface area (Å²) in [6.07, 6.45) is 1.69. The van der Waals surface area contributed by atoms with Gasteiger partial charge in [0.2, 0.25) is 0 Å². The lowest BCUT2D eigenvalue weighted by atomic mass is 10.0. The number of hydrogen-bond acceptors (Lipinski definition) is 4. The van der Waals surface area contributed by atoms with Crippen LogP contribution in [0.4, 0.5) is 0 Å². The highest BCUT2D eigenvalue weighted by molar-refractivity contribution is 5.20. The molecule has 0 aliphatic heterocycles. The first-order valence-electron chi connectivity index (χ1n) is 7.12. The summed E-state index contributed by atoms with van der Waals surface area (Å²) >= 11 is 0. The van der Waals surface area contributed by atoms with Crippen LogP contribution in [-0.2, 0) is 4.74 Å². The maximum atomic E-state index is 9.17. The summed E-state index contributed by atoms with van der Waals surface area (Å²) < 4.78 is 11.0. The van der Waals surface area contributed by atoms with E-state index in [0.29, 0.717) is 26.2 Å². The molecular weight excluding hydrogens is 252 g/mol. The molecule has 0 bridgehead atoms. The minimum atomic E-state index is -0.504. The van der Waals surface area contributed by atoms with Crippen molar-refractivity contribution < 1.29 is 9.47 Å². The Bertz CT molecular complexity index is 403. The van der Waals surface area contributed by atoms with Gasteiger partial charge in [0.15, 0.2) is 0 Å². The van der Waals surface area contributed by atoms with E-state index in [-0.39, 0.29) is 0 Å². The Kier molecular flexibility index (Phi) is 7.71. The van der Waals surface area contributed by atoms with Crippen LogP contribution in [0.25, 0.3) is 0 Å². The molecular formula is C16H24N2O2. The van der Waals surface area contributed by atoms with Crippen LogP contribution in [0, 0.1) is 11.3 Å². The number of para-hydroxylation sites is 1. The zero-order valence-electron chi connectivity index (χ0n) is 12.4. The highest BCUT2D eigenvalue weighted by atomic mass is 16.5. The molecule has 1 aromatic rings. The van der Waals surface area contributed by atoms with E-state index < -0.39 is 5.54 Å². The summed E-state index contributed by atoms with van der Waals surface area (Å²) in [5.74, 6) is 0.850. The van der Waals surface area contributed by atoms with Crippen LogP contribution in [0.1, 0.15) is 26.7 Å². The number of benzene rings is 1. The molecule has 1 unspecified atom stereocenters. The zero-order valence-corrected chi connectivity index (χ0v) is 12.4. The predicted molar refractivity (Wildman–Crippen MR) is 79.7 cm³/mol. The Morgan fingerprint density at radius 3 is 2.60 bits per heavy atom. The van der Waals surface area contributed by atoms with Gasteiger partial charge in [0.05, 0.1) is 12.7 Å². The average molecular weight is 276 g/mol. The van der Waals surface area contributed by atoms with Gasteiger partial charge in [-0.15, -0.1) is 0 Å². The first kappa shape index (κ1) is 16.5. The first-order chi connectivity index (χ1) is 9.70. The molecule has 0 spiro atoms. The van der Waals surface area contributed by atoms with Crippen molar-refractivity contribution in [2.45, 2.75) is 32.2 Å². The van der Waals surface area contributed by atoms with E-state index in [1.807, 2.05) is 37.3 Å². The maximum Gasteiger partial charge on any atom is 0.119 e. The Labute approximate surface area is 121 Å². The molecule has 0 saturated heterocycles. The van der Waals surface area contributed by atoms with Gasteiger partial charge in [-0.25, -0.2) is 0 Å². The van der Waals surface area contributed by atoms with Gasteiger partial charge in [-0.05, 0) is 32.0 Å². The third-order valence-corrected chi connectivity index (χ3v) is 3.00. The summed E-state index contributed by atoms with van der Waals surface area (Å²) in [5.41, 5.74) is -0.504. The molecule has 1 rings (SSSR count). The van der Waals surface area contributed by atoms with Crippen LogP contribution in [0.2, 0.25) is 0 Å². The first-order valence-corrected chi connectivity index (χ1v) is 7.12. The number of ether oxygens (including phenoxy) is 2. The lowest BCUT2D eigenvalue weighted by Crippen LogP contribution is -2.42.